The summed E-state index contributed by atoms with van der Waals surface area (Å²) in [6.07, 6.45) is 22.7. The van der Waals surface area contributed by atoms with Gasteiger partial charge < -0.3 is 15.5 Å². The number of likely N-dealkylation sites (tertiary alicyclic amines) is 1. The number of anilines is 1. The Hall–Kier alpha value is -3.17. The summed E-state index contributed by atoms with van der Waals surface area (Å²) in [6.45, 7) is 14.7. The smallest absolute Gasteiger partial charge is 0.228 e. The fourth-order valence-electron chi connectivity index (χ4n) is 4.04. The molecule has 1 aromatic heterocycles. The van der Waals surface area contributed by atoms with Gasteiger partial charge in [-0.3, -0.25) is 4.79 Å². The van der Waals surface area contributed by atoms with Gasteiger partial charge in [0.2, 0.25) is 5.91 Å². The Bertz CT molecular complexity index is 1050. The second-order valence-corrected chi connectivity index (χ2v) is 9.19. The number of rotatable bonds is 9. The van der Waals surface area contributed by atoms with E-state index in [-0.39, 0.29) is 11.8 Å². The second kappa shape index (κ2) is 14.3. The van der Waals surface area contributed by atoms with Crippen molar-refractivity contribution in [3.8, 4) is 12.8 Å². The first-order valence-corrected chi connectivity index (χ1v) is 12.6. The Labute approximate surface area is 211 Å². The van der Waals surface area contributed by atoms with Crippen LogP contribution in [0.15, 0.2) is 41.8 Å². The number of piperidine rings is 1. The number of aliphatic imine (C=N–C) groups is 1. The van der Waals surface area contributed by atoms with Gasteiger partial charge in [0.05, 0.1) is 0 Å². The van der Waals surface area contributed by atoms with Gasteiger partial charge in [0, 0.05) is 49.4 Å². The summed E-state index contributed by atoms with van der Waals surface area (Å²) in [5.41, 5.74) is 0.901. The quantitative estimate of drug-likeness (QED) is 0.423. The van der Waals surface area contributed by atoms with Gasteiger partial charge >= 0.3 is 0 Å². The van der Waals surface area contributed by atoms with Crippen LogP contribution >= 0.6 is 0 Å². The lowest BCUT2D eigenvalue weighted by Crippen LogP contribution is -2.44. The van der Waals surface area contributed by atoms with Crippen LogP contribution in [0.3, 0.4) is 0 Å². The van der Waals surface area contributed by atoms with Crippen molar-refractivity contribution in [1.29, 1.82) is 0 Å². The largest absolute Gasteiger partial charge is 0.368 e. The van der Waals surface area contributed by atoms with E-state index in [0.717, 1.165) is 60.7 Å². The fourth-order valence-corrected chi connectivity index (χ4v) is 4.04. The Morgan fingerprint density at radius 3 is 2.46 bits per heavy atom. The lowest BCUT2D eigenvalue weighted by atomic mass is 10.0. The Morgan fingerprint density at radius 2 is 1.91 bits per heavy atom. The number of nitrogens with one attached hydrogen (secondary N) is 2. The number of hydrogen-bond acceptors (Lipinski definition) is 5. The molecule has 0 radical (unpaired) electrons. The molecular weight excluding hydrogens is 434 g/mol. The maximum absolute atomic E-state index is 12.1. The molecule has 2 heterocycles. The Balaban J connectivity index is 0.00000210. The standard InChI is InChI=1S/C27H39N5O.C2H2/c1-6-20-18-28-26(31-27(33)21-9-10-21)17-22(20)11-12-23(7-2)29-25(8-3)30-24-13-15-32(16-14-24)19(4)5;1-2/h6-8,11,17-19,21,24,30H,2,9-10,12-16H2,1,3-5H3,(H,31,33);1-2H/b20-6-,22-11-,25-8+,29-23+;. The maximum Gasteiger partial charge on any atom is 0.228 e. The molecule has 0 unspecified atom stereocenters. The SMILES string of the molecule is C#C.C=C/C(C/C=c1/cc(NC(=O)C2CC2)nc/c1=C/C)=N\C(=C/C)NC1CCN(C(C)C)CC1. The zero-order chi connectivity index (χ0) is 25.8. The summed E-state index contributed by atoms with van der Waals surface area (Å²) in [4.78, 5) is 23.9. The highest BCUT2D eigenvalue weighted by Crippen LogP contribution is 2.29. The summed E-state index contributed by atoms with van der Waals surface area (Å²) < 4.78 is 0. The first-order chi connectivity index (χ1) is 16.9. The number of allylic oxidation sites excluding steroid dienone is 2. The highest BCUT2D eigenvalue weighted by molar-refractivity contribution is 5.98. The maximum atomic E-state index is 12.1. The molecule has 1 amide bonds. The van der Waals surface area contributed by atoms with Crippen LogP contribution < -0.4 is 21.1 Å². The van der Waals surface area contributed by atoms with Crippen molar-refractivity contribution in [1.82, 2.24) is 15.2 Å². The molecule has 1 aliphatic carbocycles. The summed E-state index contributed by atoms with van der Waals surface area (Å²) >= 11 is 0. The summed E-state index contributed by atoms with van der Waals surface area (Å²) in [6, 6.07) is 2.99. The zero-order valence-electron chi connectivity index (χ0n) is 21.8. The predicted molar refractivity (Wildman–Crippen MR) is 148 cm³/mol. The van der Waals surface area contributed by atoms with E-state index in [1.165, 1.54) is 0 Å². The summed E-state index contributed by atoms with van der Waals surface area (Å²) in [5.74, 6) is 1.72. The van der Waals surface area contributed by atoms with Gasteiger partial charge in [-0.25, -0.2) is 9.98 Å². The van der Waals surface area contributed by atoms with Crippen LogP contribution in [0.2, 0.25) is 0 Å². The second-order valence-electron chi connectivity index (χ2n) is 9.19. The van der Waals surface area contributed by atoms with Crippen molar-refractivity contribution in [3.63, 3.8) is 0 Å². The molecule has 2 fully saturated rings. The highest BCUT2D eigenvalue weighted by atomic mass is 16.2. The lowest BCUT2D eigenvalue weighted by molar-refractivity contribution is -0.117. The van der Waals surface area contributed by atoms with Crippen LogP contribution in [0.1, 0.15) is 59.8 Å². The van der Waals surface area contributed by atoms with Gasteiger partial charge in [0.1, 0.15) is 11.6 Å². The highest BCUT2D eigenvalue weighted by Gasteiger charge is 2.29. The number of aromatic nitrogens is 1. The average Bonchev–Trinajstić information content (AvgIpc) is 3.73. The third-order valence-corrected chi connectivity index (χ3v) is 6.39. The molecule has 0 bridgehead atoms. The first kappa shape index (κ1) is 28.1. The van der Waals surface area contributed by atoms with E-state index in [9.17, 15) is 4.79 Å². The van der Waals surface area contributed by atoms with Crippen LogP contribution in [0.25, 0.3) is 12.2 Å². The molecule has 2 N–H and O–H groups in total. The molecule has 1 saturated carbocycles. The van der Waals surface area contributed by atoms with Crippen LogP contribution in [0.5, 0.6) is 0 Å². The summed E-state index contributed by atoms with van der Waals surface area (Å²) in [5, 5.41) is 8.62. The van der Waals surface area contributed by atoms with E-state index in [4.69, 9.17) is 4.99 Å². The van der Waals surface area contributed by atoms with E-state index in [1.54, 1.807) is 0 Å². The zero-order valence-corrected chi connectivity index (χ0v) is 21.8. The van der Waals surface area contributed by atoms with E-state index >= 15 is 0 Å². The third-order valence-electron chi connectivity index (χ3n) is 6.39. The fraction of sp³-hybridized carbons (Fsp3) is 0.483. The molecule has 2 aliphatic rings. The molecule has 1 saturated heterocycles. The van der Waals surface area contributed by atoms with Crippen molar-refractivity contribution >= 4 is 29.6 Å². The van der Waals surface area contributed by atoms with Gasteiger partial charge in [-0.2, -0.15) is 0 Å². The van der Waals surface area contributed by atoms with Crippen LogP contribution in [-0.2, 0) is 4.79 Å². The van der Waals surface area contributed by atoms with Crippen LogP contribution in [-0.4, -0.2) is 46.7 Å². The molecule has 3 rings (SSSR count). The van der Waals surface area contributed by atoms with Crippen molar-refractivity contribution in [2.75, 3.05) is 18.4 Å². The number of amides is 1. The molecule has 1 aliphatic heterocycles. The number of pyridine rings is 1. The molecule has 1 aromatic rings. The van der Waals surface area contributed by atoms with E-state index in [0.29, 0.717) is 24.3 Å². The number of carbonyl (C=O) groups is 1. The van der Waals surface area contributed by atoms with E-state index in [2.05, 4.69) is 59.9 Å². The number of carbonyl (C=O) groups excluding carboxylic acids is 1. The Kier molecular flexibility index (Phi) is 11.5. The minimum atomic E-state index is 0.0676. The molecule has 6 heteroatoms. The molecule has 0 aromatic carbocycles. The van der Waals surface area contributed by atoms with Crippen LogP contribution in [0, 0.1) is 18.8 Å². The molecular formula is C29H41N5O. The normalized spacial score (nSPS) is 18.7. The topological polar surface area (TPSA) is 69.6 Å². The van der Waals surface area contributed by atoms with Crippen LogP contribution in [0.4, 0.5) is 5.82 Å². The molecule has 35 heavy (non-hydrogen) atoms. The molecule has 0 spiro atoms. The Morgan fingerprint density at radius 1 is 1.23 bits per heavy atom. The number of nitrogens with zero attached hydrogens (tertiary/aromatic N) is 3. The average molecular weight is 476 g/mol. The van der Waals surface area contributed by atoms with Gasteiger partial charge in [-0.1, -0.05) is 18.7 Å². The van der Waals surface area contributed by atoms with Gasteiger partial charge in [0.25, 0.3) is 0 Å². The van der Waals surface area contributed by atoms with Gasteiger partial charge in [0.15, 0.2) is 0 Å². The number of hydrogen-bond donors (Lipinski definition) is 2. The predicted octanol–water partition coefficient (Wildman–Crippen LogP) is 3.60. The lowest BCUT2D eigenvalue weighted by Gasteiger charge is -2.35. The third kappa shape index (κ3) is 8.84. The van der Waals surface area contributed by atoms with Crippen molar-refractivity contribution < 1.29 is 4.79 Å². The van der Waals surface area contributed by atoms with Crippen molar-refractivity contribution in [2.24, 2.45) is 10.9 Å². The van der Waals surface area contributed by atoms with E-state index in [1.807, 2.05) is 44.3 Å². The van der Waals surface area contributed by atoms with E-state index < -0.39 is 0 Å². The molecule has 6 nitrogen and oxygen atoms in total. The minimum Gasteiger partial charge on any atom is -0.368 e. The van der Waals surface area contributed by atoms with Crippen molar-refractivity contribution in [3.05, 3.63) is 47.3 Å². The number of terminal acetylenes is 1. The monoisotopic (exact) mass is 475 g/mol. The minimum absolute atomic E-state index is 0.0676. The molecule has 0 atom stereocenters. The van der Waals surface area contributed by atoms with Crippen molar-refractivity contribution in [2.45, 2.75) is 71.9 Å². The van der Waals surface area contributed by atoms with Gasteiger partial charge in [-0.15, -0.1) is 12.8 Å². The summed E-state index contributed by atoms with van der Waals surface area (Å²) in [7, 11) is 0. The first-order valence-electron chi connectivity index (χ1n) is 12.6. The molecule has 188 valence electrons. The van der Waals surface area contributed by atoms with Gasteiger partial charge in [-0.05, 0) is 82.0 Å².